The third-order valence-corrected chi connectivity index (χ3v) is 3.36. The normalized spacial score (nSPS) is 10.6. The molecule has 0 spiro atoms. The van der Waals surface area contributed by atoms with Gasteiger partial charge in [-0.15, -0.1) is 0 Å². The van der Waals surface area contributed by atoms with Gasteiger partial charge in [0.1, 0.15) is 0 Å². The van der Waals surface area contributed by atoms with E-state index in [1.165, 1.54) is 5.56 Å². The fourth-order valence-corrected chi connectivity index (χ4v) is 2.31. The van der Waals surface area contributed by atoms with E-state index in [2.05, 4.69) is 43.4 Å². The van der Waals surface area contributed by atoms with Gasteiger partial charge in [-0.05, 0) is 29.0 Å². The van der Waals surface area contributed by atoms with E-state index in [1.807, 2.05) is 30.3 Å². The van der Waals surface area contributed by atoms with Crippen molar-refractivity contribution in [2.75, 3.05) is 0 Å². The summed E-state index contributed by atoms with van der Waals surface area (Å²) >= 11 is 0. The molecule has 1 amide bonds. The molecule has 110 valence electrons. The molecule has 2 aromatic rings. The molecule has 0 aliphatic heterocycles. The van der Waals surface area contributed by atoms with Crippen LogP contribution in [0.2, 0.25) is 0 Å². The number of hydrogen-bond donors (Lipinski definition) is 1. The maximum Gasteiger partial charge on any atom is 0.224 e. The van der Waals surface area contributed by atoms with E-state index in [-0.39, 0.29) is 5.91 Å². The van der Waals surface area contributed by atoms with Crippen LogP contribution in [-0.4, -0.2) is 5.91 Å². The minimum Gasteiger partial charge on any atom is -0.352 e. The largest absolute Gasteiger partial charge is 0.352 e. The first-order chi connectivity index (χ1) is 10.1. The molecule has 0 aliphatic rings. The van der Waals surface area contributed by atoms with Crippen molar-refractivity contribution in [3.63, 3.8) is 0 Å². The van der Waals surface area contributed by atoms with Gasteiger partial charge in [-0.25, -0.2) is 0 Å². The zero-order valence-corrected chi connectivity index (χ0v) is 12.8. The summed E-state index contributed by atoms with van der Waals surface area (Å²) in [4.78, 5) is 11.9. The summed E-state index contributed by atoms with van der Waals surface area (Å²) in [6.45, 7) is 5.01. The highest BCUT2D eigenvalue weighted by atomic mass is 16.1. The monoisotopic (exact) mass is 281 g/mol. The lowest BCUT2D eigenvalue weighted by Gasteiger charge is -2.07. The highest BCUT2D eigenvalue weighted by Crippen LogP contribution is 2.10. The Morgan fingerprint density at radius 3 is 2.14 bits per heavy atom. The summed E-state index contributed by atoms with van der Waals surface area (Å²) in [6.07, 6.45) is 1.52. The summed E-state index contributed by atoms with van der Waals surface area (Å²) in [7, 11) is 0. The second kappa shape index (κ2) is 7.63. The van der Waals surface area contributed by atoms with Crippen molar-refractivity contribution in [1.82, 2.24) is 5.32 Å². The number of carbonyl (C=O) groups is 1. The number of nitrogens with one attached hydrogen (secondary N) is 1. The maximum absolute atomic E-state index is 11.9. The average Bonchev–Trinajstić information content (AvgIpc) is 2.48. The lowest BCUT2D eigenvalue weighted by molar-refractivity contribution is -0.120. The SMILES string of the molecule is CC(C)Cc1ccc(CC(=O)NCc2ccccc2)cc1. The number of carbonyl (C=O) groups excluding carboxylic acids is 1. The first-order valence-electron chi connectivity index (χ1n) is 7.52. The van der Waals surface area contributed by atoms with Crippen LogP contribution < -0.4 is 5.32 Å². The van der Waals surface area contributed by atoms with Gasteiger partial charge in [0, 0.05) is 6.54 Å². The minimum atomic E-state index is 0.0652. The van der Waals surface area contributed by atoms with Gasteiger partial charge in [0.05, 0.1) is 6.42 Å². The zero-order valence-electron chi connectivity index (χ0n) is 12.8. The molecule has 0 aromatic heterocycles. The quantitative estimate of drug-likeness (QED) is 0.858. The van der Waals surface area contributed by atoms with Gasteiger partial charge in [-0.3, -0.25) is 4.79 Å². The molecule has 2 nitrogen and oxygen atoms in total. The molecule has 0 fully saturated rings. The van der Waals surface area contributed by atoms with Crippen molar-refractivity contribution in [3.8, 4) is 0 Å². The average molecular weight is 281 g/mol. The Morgan fingerprint density at radius 1 is 0.905 bits per heavy atom. The van der Waals surface area contributed by atoms with Gasteiger partial charge in [0.25, 0.3) is 0 Å². The predicted octanol–water partition coefficient (Wildman–Crippen LogP) is 3.74. The van der Waals surface area contributed by atoms with Crippen LogP contribution in [0.15, 0.2) is 54.6 Å². The maximum atomic E-state index is 11.9. The van der Waals surface area contributed by atoms with Crippen LogP contribution in [0.4, 0.5) is 0 Å². The van der Waals surface area contributed by atoms with Crippen LogP contribution in [0.25, 0.3) is 0 Å². The van der Waals surface area contributed by atoms with Crippen molar-refractivity contribution in [2.45, 2.75) is 33.2 Å². The molecule has 0 heterocycles. The Hall–Kier alpha value is -2.09. The Kier molecular flexibility index (Phi) is 5.56. The molecule has 2 heteroatoms. The Bertz CT molecular complexity index is 558. The van der Waals surface area contributed by atoms with Gasteiger partial charge in [-0.2, -0.15) is 0 Å². The molecular formula is C19H23NO. The van der Waals surface area contributed by atoms with E-state index in [9.17, 15) is 4.79 Å². The summed E-state index contributed by atoms with van der Waals surface area (Å²) in [6, 6.07) is 18.3. The Labute approximate surface area is 127 Å². The highest BCUT2D eigenvalue weighted by Gasteiger charge is 2.04. The number of amides is 1. The first-order valence-corrected chi connectivity index (χ1v) is 7.52. The molecule has 0 atom stereocenters. The van der Waals surface area contributed by atoms with Crippen molar-refractivity contribution < 1.29 is 4.79 Å². The van der Waals surface area contributed by atoms with Crippen LogP contribution in [-0.2, 0) is 24.2 Å². The summed E-state index contributed by atoms with van der Waals surface area (Å²) in [5, 5.41) is 2.96. The second-order valence-corrected chi connectivity index (χ2v) is 5.85. The van der Waals surface area contributed by atoms with E-state index < -0.39 is 0 Å². The first kappa shape index (κ1) is 15.3. The number of benzene rings is 2. The van der Waals surface area contributed by atoms with Gasteiger partial charge < -0.3 is 5.32 Å². The molecule has 0 radical (unpaired) electrons. The van der Waals surface area contributed by atoms with Crippen LogP contribution in [0.3, 0.4) is 0 Å². The standard InChI is InChI=1S/C19H23NO/c1-15(2)12-16-8-10-17(11-9-16)13-19(21)20-14-18-6-4-3-5-7-18/h3-11,15H,12-14H2,1-2H3,(H,20,21). The second-order valence-electron chi connectivity index (χ2n) is 5.85. The molecule has 1 N–H and O–H groups in total. The highest BCUT2D eigenvalue weighted by molar-refractivity contribution is 5.78. The predicted molar refractivity (Wildman–Crippen MR) is 87.0 cm³/mol. The summed E-state index contributed by atoms with van der Waals surface area (Å²) < 4.78 is 0. The van der Waals surface area contributed by atoms with E-state index in [1.54, 1.807) is 0 Å². The Balaban J connectivity index is 1.82. The molecule has 0 bridgehead atoms. The van der Waals surface area contributed by atoms with E-state index in [0.29, 0.717) is 18.9 Å². The van der Waals surface area contributed by atoms with E-state index >= 15 is 0 Å². The molecule has 0 saturated heterocycles. The number of hydrogen-bond acceptors (Lipinski definition) is 1. The van der Waals surface area contributed by atoms with E-state index in [0.717, 1.165) is 17.5 Å². The van der Waals surface area contributed by atoms with Crippen LogP contribution in [0.5, 0.6) is 0 Å². The lowest BCUT2D eigenvalue weighted by Crippen LogP contribution is -2.24. The fraction of sp³-hybridized carbons (Fsp3) is 0.316. The molecule has 0 unspecified atom stereocenters. The van der Waals surface area contributed by atoms with Crippen molar-refractivity contribution in [1.29, 1.82) is 0 Å². The van der Waals surface area contributed by atoms with Crippen molar-refractivity contribution in [2.24, 2.45) is 5.92 Å². The van der Waals surface area contributed by atoms with E-state index in [4.69, 9.17) is 0 Å². The van der Waals surface area contributed by atoms with Crippen molar-refractivity contribution >= 4 is 5.91 Å². The molecule has 2 rings (SSSR count). The third kappa shape index (κ3) is 5.42. The Morgan fingerprint density at radius 2 is 1.52 bits per heavy atom. The number of rotatable bonds is 6. The molecule has 2 aromatic carbocycles. The lowest BCUT2D eigenvalue weighted by atomic mass is 10.0. The van der Waals surface area contributed by atoms with Crippen LogP contribution in [0.1, 0.15) is 30.5 Å². The fourth-order valence-electron chi connectivity index (χ4n) is 2.31. The van der Waals surface area contributed by atoms with Crippen LogP contribution >= 0.6 is 0 Å². The molecule has 0 saturated carbocycles. The smallest absolute Gasteiger partial charge is 0.224 e. The topological polar surface area (TPSA) is 29.1 Å². The van der Waals surface area contributed by atoms with Gasteiger partial charge in [0.2, 0.25) is 5.91 Å². The molecule has 0 aliphatic carbocycles. The summed E-state index contributed by atoms with van der Waals surface area (Å²) in [5.74, 6) is 0.723. The van der Waals surface area contributed by atoms with Gasteiger partial charge in [-0.1, -0.05) is 68.4 Å². The molecular weight excluding hydrogens is 258 g/mol. The molecule has 21 heavy (non-hydrogen) atoms. The zero-order chi connectivity index (χ0) is 15.1. The van der Waals surface area contributed by atoms with Gasteiger partial charge in [0.15, 0.2) is 0 Å². The minimum absolute atomic E-state index is 0.0652. The van der Waals surface area contributed by atoms with Gasteiger partial charge >= 0.3 is 0 Å². The van der Waals surface area contributed by atoms with Crippen LogP contribution in [0, 0.1) is 5.92 Å². The third-order valence-electron chi connectivity index (χ3n) is 3.36. The van der Waals surface area contributed by atoms with Crippen molar-refractivity contribution in [3.05, 3.63) is 71.3 Å². The summed E-state index contributed by atoms with van der Waals surface area (Å²) in [5.41, 5.74) is 3.52.